The average molecular weight is 378 g/mol. The number of alkyl carbamates (subject to hydrolysis) is 1. The van der Waals surface area contributed by atoms with Gasteiger partial charge in [-0.3, -0.25) is 4.79 Å². The molecule has 1 aromatic rings. The summed E-state index contributed by atoms with van der Waals surface area (Å²) in [5.74, 6) is -1.77. The number of aliphatic hydroxyl groups is 1. The maximum atomic E-state index is 11.9. The molecule has 0 aromatic heterocycles. The molecule has 0 aliphatic heterocycles. The summed E-state index contributed by atoms with van der Waals surface area (Å²) in [5, 5.41) is 23.7. The number of allylic oxidation sites excluding steroid dienone is 1. The Hall–Kier alpha value is -2.87. The van der Waals surface area contributed by atoms with Gasteiger partial charge in [0, 0.05) is 6.54 Å². The summed E-state index contributed by atoms with van der Waals surface area (Å²) in [4.78, 5) is 34.6. The van der Waals surface area contributed by atoms with Crippen molar-refractivity contribution in [2.45, 2.75) is 45.4 Å². The van der Waals surface area contributed by atoms with Crippen LogP contribution in [0.25, 0.3) is 0 Å². The van der Waals surface area contributed by atoms with Gasteiger partial charge in [0.25, 0.3) is 0 Å². The second-order valence-corrected chi connectivity index (χ2v) is 6.28. The summed E-state index contributed by atoms with van der Waals surface area (Å²) in [6, 6.07) is 8.03. The number of ether oxygens (including phenoxy) is 1. The van der Waals surface area contributed by atoms with E-state index in [2.05, 4.69) is 10.6 Å². The van der Waals surface area contributed by atoms with Gasteiger partial charge in [-0.2, -0.15) is 0 Å². The van der Waals surface area contributed by atoms with Crippen LogP contribution in [0.15, 0.2) is 42.0 Å². The number of benzene rings is 1. The van der Waals surface area contributed by atoms with Crippen molar-refractivity contribution in [3.8, 4) is 0 Å². The molecule has 0 heterocycles. The highest BCUT2D eigenvalue weighted by Crippen LogP contribution is 2.02. The molecule has 1 rings (SSSR count). The van der Waals surface area contributed by atoms with Crippen LogP contribution in [0.3, 0.4) is 0 Å². The molecule has 0 spiro atoms. The van der Waals surface area contributed by atoms with E-state index in [0.717, 1.165) is 11.1 Å². The first kappa shape index (κ1) is 22.2. The molecular weight excluding hydrogens is 352 g/mol. The van der Waals surface area contributed by atoms with Crippen molar-refractivity contribution in [1.29, 1.82) is 0 Å². The Morgan fingerprint density at radius 3 is 2.44 bits per heavy atom. The number of carbonyl (C=O) groups excluding carboxylic acids is 2. The van der Waals surface area contributed by atoms with Gasteiger partial charge < -0.3 is 25.6 Å². The van der Waals surface area contributed by atoms with Crippen molar-refractivity contribution in [3.63, 3.8) is 0 Å². The third-order valence-electron chi connectivity index (χ3n) is 3.51. The van der Waals surface area contributed by atoms with Gasteiger partial charge in [0.15, 0.2) is 0 Å². The highest BCUT2D eigenvalue weighted by molar-refractivity contribution is 5.83. The van der Waals surface area contributed by atoms with Crippen LogP contribution in [0.4, 0.5) is 4.79 Å². The van der Waals surface area contributed by atoms with Crippen LogP contribution >= 0.6 is 0 Å². The number of hydrogen-bond acceptors (Lipinski definition) is 5. The van der Waals surface area contributed by atoms with Crippen molar-refractivity contribution >= 4 is 18.0 Å². The lowest BCUT2D eigenvalue weighted by atomic mass is 10.1. The van der Waals surface area contributed by atoms with Crippen molar-refractivity contribution in [2.24, 2.45) is 0 Å². The fraction of sp³-hybridized carbons (Fsp3) is 0.421. The highest BCUT2D eigenvalue weighted by Gasteiger charge is 2.20. The van der Waals surface area contributed by atoms with Crippen LogP contribution in [-0.2, 0) is 20.9 Å². The van der Waals surface area contributed by atoms with Crippen molar-refractivity contribution in [2.75, 3.05) is 6.54 Å². The molecule has 1 aromatic carbocycles. The van der Waals surface area contributed by atoms with E-state index in [1.54, 1.807) is 18.2 Å². The van der Waals surface area contributed by atoms with E-state index < -0.39 is 30.1 Å². The fourth-order valence-electron chi connectivity index (χ4n) is 2.09. The smallest absolute Gasteiger partial charge is 0.407 e. The largest absolute Gasteiger partial charge is 0.480 e. The highest BCUT2D eigenvalue weighted by atomic mass is 16.5. The number of hydrogen-bond donors (Lipinski definition) is 4. The molecule has 27 heavy (non-hydrogen) atoms. The third kappa shape index (κ3) is 10.0. The molecule has 2 atom stereocenters. The molecule has 148 valence electrons. The Labute approximate surface area is 158 Å². The summed E-state index contributed by atoms with van der Waals surface area (Å²) in [5.41, 5.74) is 1.76. The SMILES string of the molecule is CC(C)=CC[C@@H](NC(=O)C[C@H](O)CNC(=O)OCc1ccccc1)C(=O)O. The lowest BCUT2D eigenvalue weighted by molar-refractivity contribution is -0.142. The molecule has 0 radical (unpaired) electrons. The standard InChI is InChI=1S/C19H26N2O6/c1-13(2)8-9-16(18(24)25)21-17(23)10-15(22)11-20-19(26)27-12-14-6-4-3-5-7-14/h3-8,15-16,22H,9-12H2,1-2H3,(H,20,26)(H,21,23)(H,24,25)/t15-,16+/m0/s1. The molecular formula is C19H26N2O6. The molecule has 0 aliphatic rings. The predicted molar refractivity (Wildman–Crippen MR) is 98.9 cm³/mol. The lowest BCUT2D eigenvalue weighted by Gasteiger charge is -2.15. The van der Waals surface area contributed by atoms with Crippen molar-refractivity contribution < 1.29 is 29.3 Å². The summed E-state index contributed by atoms with van der Waals surface area (Å²) in [6.07, 6.45) is -0.349. The van der Waals surface area contributed by atoms with E-state index in [4.69, 9.17) is 9.84 Å². The van der Waals surface area contributed by atoms with E-state index in [1.165, 1.54) is 0 Å². The van der Waals surface area contributed by atoms with E-state index in [9.17, 15) is 19.5 Å². The predicted octanol–water partition coefficient (Wildman–Crippen LogP) is 1.59. The molecule has 8 heteroatoms. The van der Waals surface area contributed by atoms with Crippen LogP contribution in [0, 0.1) is 0 Å². The Bertz CT molecular complexity index is 655. The lowest BCUT2D eigenvalue weighted by Crippen LogP contribution is -2.43. The second-order valence-electron chi connectivity index (χ2n) is 6.28. The van der Waals surface area contributed by atoms with Gasteiger partial charge in [-0.05, 0) is 25.8 Å². The molecule has 0 aliphatic carbocycles. The molecule has 4 N–H and O–H groups in total. The maximum absolute atomic E-state index is 11.9. The number of rotatable bonds is 10. The van der Waals surface area contributed by atoms with Crippen molar-refractivity contribution in [1.82, 2.24) is 10.6 Å². The third-order valence-corrected chi connectivity index (χ3v) is 3.51. The van der Waals surface area contributed by atoms with Gasteiger partial charge in [0.1, 0.15) is 12.6 Å². The van der Waals surface area contributed by atoms with Crippen LogP contribution < -0.4 is 10.6 Å². The monoisotopic (exact) mass is 378 g/mol. The van der Waals surface area contributed by atoms with E-state index in [1.807, 2.05) is 32.0 Å². The average Bonchev–Trinajstić information content (AvgIpc) is 2.62. The zero-order valence-corrected chi connectivity index (χ0v) is 15.5. The molecule has 2 amide bonds. The first-order chi connectivity index (χ1) is 12.8. The number of aliphatic hydroxyl groups excluding tert-OH is 1. The zero-order chi connectivity index (χ0) is 20.2. The van der Waals surface area contributed by atoms with E-state index in [-0.39, 0.29) is 26.0 Å². The quantitative estimate of drug-likeness (QED) is 0.458. The van der Waals surface area contributed by atoms with Crippen molar-refractivity contribution in [3.05, 3.63) is 47.5 Å². The minimum Gasteiger partial charge on any atom is -0.480 e. The number of carbonyl (C=O) groups is 3. The topological polar surface area (TPSA) is 125 Å². The minimum absolute atomic E-state index is 0.0912. The van der Waals surface area contributed by atoms with Crippen LogP contribution in [0.1, 0.15) is 32.3 Å². The van der Waals surface area contributed by atoms with Gasteiger partial charge in [-0.25, -0.2) is 9.59 Å². The van der Waals surface area contributed by atoms with Gasteiger partial charge >= 0.3 is 12.1 Å². The van der Waals surface area contributed by atoms with Gasteiger partial charge in [-0.15, -0.1) is 0 Å². The Kier molecular flexibility index (Phi) is 9.60. The fourth-order valence-corrected chi connectivity index (χ4v) is 2.09. The zero-order valence-electron chi connectivity index (χ0n) is 15.5. The van der Waals surface area contributed by atoms with Crippen LogP contribution in [0.2, 0.25) is 0 Å². The van der Waals surface area contributed by atoms with E-state index in [0.29, 0.717) is 0 Å². The molecule has 0 bridgehead atoms. The number of carboxylic acids is 1. The Morgan fingerprint density at radius 2 is 1.85 bits per heavy atom. The number of carboxylic acid groups (broad SMARTS) is 1. The molecule has 8 nitrogen and oxygen atoms in total. The number of aliphatic carboxylic acids is 1. The van der Waals surface area contributed by atoms with Crippen LogP contribution in [-0.4, -0.2) is 46.9 Å². The number of nitrogens with one attached hydrogen (secondary N) is 2. The summed E-state index contributed by atoms with van der Waals surface area (Å²) >= 11 is 0. The van der Waals surface area contributed by atoms with E-state index >= 15 is 0 Å². The molecule has 0 unspecified atom stereocenters. The summed E-state index contributed by atoms with van der Waals surface area (Å²) < 4.78 is 4.99. The molecule has 0 saturated heterocycles. The van der Waals surface area contributed by atoms with Gasteiger partial charge in [0.2, 0.25) is 5.91 Å². The molecule has 0 fully saturated rings. The summed E-state index contributed by atoms with van der Waals surface area (Å²) in [7, 11) is 0. The normalized spacial score (nSPS) is 12.4. The van der Waals surface area contributed by atoms with Gasteiger partial charge in [0.05, 0.1) is 12.5 Å². The first-order valence-corrected chi connectivity index (χ1v) is 8.56. The molecule has 0 saturated carbocycles. The van der Waals surface area contributed by atoms with Crippen LogP contribution in [0.5, 0.6) is 0 Å². The summed E-state index contributed by atoms with van der Waals surface area (Å²) in [6.45, 7) is 3.56. The van der Waals surface area contributed by atoms with Gasteiger partial charge in [-0.1, -0.05) is 42.0 Å². The minimum atomic E-state index is -1.16. The second kappa shape index (κ2) is 11.7. The maximum Gasteiger partial charge on any atom is 0.407 e. The number of amides is 2. The first-order valence-electron chi connectivity index (χ1n) is 8.56. The Balaban J connectivity index is 2.32. The Morgan fingerprint density at radius 1 is 1.19 bits per heavy atom.